The van der Waals surface area contributed by atoms with Crippen LogP contribution in [0.1, 0.15) is 108 Å². The van der Waals surface area contributed by atoms with Gasteiger partial charge in [-0.1, -0.05) is 85.6 Å². The predicted octanol–water partition coefficient (Wildman–Crippen LogP) is 9.46. The highest BCUT2D eigenvalue weighted by molar-refractivity contribution is 5.68. The number of rotatable bonds is 9. The maximum atomic E-state index is 13.0. The second kappa shape index (κ2) is 17.9. The standard InChI is InChI=1S/C18H16F5N3O.C10H22.C3H8/c1-26-7-5-14(24)11-4-6-25-9-13(11)16(26)12-3-2-10(18(21,22)23)8-15(12)27-17(19)20;1-4-6-7-8-9-10(3)5-2;1-3-2/h2-6,8-9,16-17H,7,24H2,1H3;10H,4-9H2,1-3H3;3H2,1-2H3. The van der Waals surface area contributed by atoms with Crippen LogP contribution in [0.2, 0.25) is 0 Å². The summed E-state index contributed by atoms with van der Waals surface area (Å²) < 4.78 is 69.2. The predicted molar refractivity (Wildman–Crippen MR) is 153 cm³/mol. The van der Waals surface area contributed by atoms with E-state index in [0.717, 1.165) is 18.1 Å². The molecule has 0 spiro atoms. The van der Waals surface area contributed by atoms with Crippen molar-refractivity contribution in [2.45, 2.75) is 98.4 Å². The highest BCUT2D eigenvalue weighted by Crippen LogP contribution is 2.41. The van der Waals surface area contributed by atoms with Crippen LogP contribution in [-0.2, 0) is 6.18 Å². The third kappa shape index (κ3) is 11.4. The molecule has 2 N–H and O–H groups in total. The molecule has 226 valence electrons. The van der Waals surface area contributed by atoms with Gasteiger partial charge in [-0.25, -0.2) is 0 Å². The number of hydrogen-bond donors (Lipinski definition) is 1. The molecule has 2 aromatic rings. The van der Waals surface area contributed by atoms with Gasteiger partial charge in [0.15, 0.2) is 0 Å². The van der Waals surface area contributed by atoms with E-state index in [1.165, 1.54) is 57.3 Å². The van der Waals surface area contributed by atoms with Crippen LogP contribution in [-0.4, -0.2) is 30.1 Å². The van der Waals surface area contributed by atoms with E-state index in [1.54, 1.807) is 24.1 Å². The number of halogens is 5. The minimum Gasteiger partial charge on any atom is -0.434 e. The summed E-state index contributed by atoms with van der Waals surface area (Å²) in [5, 5.41) is 0. The van der Waals surface area contributed by atoms with Gasteiger partial charge in [0.25, 0.3) is 0 Å². The highest BCUT2D eigenvalue weighted by atomic mass is 19.4. The van der Waals surface area contributed by atoms with Crippen LogP contribution in [0.15, 0.2) is 42.7 Å². The lowest BCUT2D eigenvalue weighted by Gasteiger charge is -2.29. The number of likely N-dealkylation sites (N-methyl/N-ethyl adjacent to an activating group) is 1. The summed E-state index contributed by atoms with van der Waals surface area (Å²) >= 11 is 0. The van der Waals surface area contributed by atoms with Crippen LogP contribution < -0.4 is 10.5 Å². The van der Waals surface area contributed by atoms with E-state index in [9.17, 15) is 22.0 Å². The van der Waals surface area contributed by atoms with Crippen LogP contribution >= 0.6 is 0 Å². The van der Waals surface area contributed by atoms with Gasteiger partial charge < -0.3 is 10.5 Å². The van der Waals surface area contributed by atoms with E-state index in [-0.39, 0.29) is 5.56 Å². The molecule has 40 heavy (non-hydrogen) atoms. The van der Waals surface area contributed by atoms with Crippen molar-refractivity contribution in [3.05, 3.63) is 65.0 Å². The molecule has 0 aliphatic carbocycles. The van der Waals surface area contributed by atoms with Crippen molar-refractivity contribution in [1.29, 1.82) is 0 Å². The first-order chi connectivity index (χ1) is 18.9. The Morgan fingerprint density at radius 3 is 2.30 bits per heavy atom. The van der Waals surface area contributed by atoms with Gasteiger partial charge in [0, 0.05) is 41.3 Å². The maximum Gasteiger partial charge on any atom is 0.416 e. The number of nitrogens with zero attached hydrogens (tertiary/aromatic N) is 2. The summed E-state index contributed by atoms with van der Waals surface area (Å²) in [5.41, 5.74) is 6.86. The van der Waals surface area contributed by atoms with Gasteiger partial charge in [-0.05, 0) is 37.2 Å². The van der Waals surface area contributed by atoms with Crippen molar-refractivity contribution in [3.8, 4) is 5.75 Å². The van der Waals surface area contributed by atoms with Crippen LogP contribution in [0.4, 0.5) is 22.0 Å². The van der Waals surface area contributed by atoms with Gasteiger partial charge in [0.1, 0.15) is 5.75 Å². The van der Waals surface area contributed by atoms with Gasteiger partial charge in [-0.3, -0.25) is 9.88 Å². The minimum absolute atomic E-state index is 0.170. The van der Waals surface area contributed by atoms with Gasteiger partial charge in [0.05, 0.1) is 11.6 Å². The molecule has 9 heteroatoms. The summed E-state index contributed by atoms with van der Waals surface area (Å²) in [6.07, 6.45) is 9.84. The zero-order chi connectivity index (χ0) is 30.3. The van der Waals surface area contributed by atoms with E-state index in [2.05, 4.69) is 44.3 Å². The summed E-state index contributed by atoms with van der Waals surface area (Å²) in [6, 6.07) is 3.60. The first kappa shape index (κ1) is 35.3. The Bertz CT molecular complexity index is 1030. The molecule has 2 atom stereocenters. The zero-order valence-corrected chi connectivity index (χ0v) is 24.7. The van der Waals surface area contributed by atoms with Crippen LogP contribution in [0, 0.1) is 5.92 Å². The van der Waals surface area contributed by atoms with Gasteiger partial charge in [-0.2, -0.15) is 22.0 Å². The van der Waals surface area contributed by atoms with E-state index in [4.69, 9.17) is 5.73 Å². The van der Waals surface area contributed by atoms with Crippen molar-refractivity contribution in [3.63, 3.8) is 0 Å². The van der Waals surface area contributed by atoms with Crippen molar-refractivity contribution < 1.29 is 26.7 Å². The van der Waals surface area contributed by atoms with Crippen LogP contribution in [0.25, 0.3) is 5.70 Å². The molecule has 2 unspecified atom stereocenters. The Hall–Kier alpha value is -2.68. The number of benzene rings is 1. The Balaban J connectivity index is 0.000000517. The number of ether oxygens (including phenoxy) is 1. The summed E-state index contributed by atoms with van der Waals surface area (Å²) in [6.45, 7) is 8.25. The number of pyridine rings is 1. The number of fused-ring (bicyclic) bond motifs is 1. The molecule has 4 nitrogen and oxygen atoms in total. The van der Waals surface area contributed by atoms with Crippen LogP contribution in [0.3, 0.4) is 0 Å². The van der Waals surface area contributed by atoms with Crippen molar-refractivity contribution >= 4 is 5.70 Å². The Labute approximate surface area is 236 Å². The minimum atomic E-state index is -4.68. The lowest BCUT2D eigenvalue weighted by Crippen LogP contribution is -2.26. The Morgan fingerprint density at radius 2 is 1.73 bits per heavy atom. The topological polar surface area (TPSA) is 51.4 Å². The second-order valence-electron chi connectivity index (χ2n) is 10.2. The summed E-state index contributed by atoms with van der Waals surface area (Å²) in [7, 11) is 1.71. The van der Waals surface area contributed by atoms with E-state index >= 15 is 0 Å². The van der Waals surface area contributed by atoms with Crippen LogP contribution in [0.5, 0.6) is 5.75 Å². The van der Waals surface area contributed by atoms with Gasteiger partial charge in [-0.15, -0.1) is 0 Å². The zero-order valence-electron chi connectivity index (χ0n) is 24.7. The SMILES string of the molecule is CCC.CCCCCCC(C)CC.CN1CC=C(N)c2ccncc2C1c1ccc(C(F)(F)F)cc1OC(F)F. The molecule has 1 aliphatic rings. The average Bonchev–Trinajstić information content (AvgIpc) is 3.02. The lowest BCUT2D eigenvalue weighted by molar-refractivity contribution is -0.138. The largest absolute Gasteiger partial charge is 0.434 e. The van der Waals surface area contributed by atoms with Crippen molar-refractivity contribution in [2.75, 3.05) is 13.6 Å². The summed E-state index contributed by atoms with van der Waals surface area (Å²) in [5.74, 6) is 0.420. The Kier molecular flexibility index (Phi) is 15.8. The molecule has 0 amide bonds. The molecule has 0 saturated heterocycles. The number of unbranched alkanes of at least 4 members (excludes halogenated alkanes) is 3. The number of hydrogen-bond acceptors (Lipinski definition) is 4. The molecule has 0 saturated carbocycles. The first-order valence-electron chi connectivity index (χ1n) is 14.2. The molecule has 0 bridgehead atoms. The molecule has 0 radical (unpaired) electrons. The van der Waals surface area contributed by atoms with E-state index < -0.39 is 30.1 Å². The fourth-order valence-electron chi connectivity index (χ4n) is 4.25. The number of aromatic nitrogens is 1. The molecule has 1 aromatic heterocycles. The molecular weight excluding hydrogens is 525 g/mol. The monoisotopic (exact) mass is 571 g/mol. The van der Waals surface area contributed by atoms with Gasteiger partial charge >= 0.3 is 12.8 Å². The smallest absolute Gasteiger partial charge is 0.416 e. The highest BCUT2D eigenvalue weighted by Gasteiger charge is 2.34. The van der Waals surface area contributed by atoms with Crippen molar-refractivity contribution in [1.82, 2.24) is 9.88 Å². The average molecular weight is 572 g/mol. The second-order valence-corrected chi connectivity index (χ2v) is 10.2. The molecule has 1 aliphatic heterocycles. The summed E-state index contributed by atoms with van der Waals surface area (Å²) in [4.78, 5) is 5.82. The maximum absolute atomic E-state index is 13.0. The lowest BCUT2D eigenvalue weighted by atomic mass is 9.93. The number of alkyl halides is 5. The van der Waals surface area contributed by atoms with E-state index in [1.807, 2.05) is 0 Å². The Morgan fingerprint density at radius 1 is 1.05 bits per heavy atom. The molecule has 3 rings (SSSR count). The van der Waals surface area contributed by atoms with Gasteiger partial charge in [0.2, 0.25) is 0 Å². The third-order valence-electron chi connectivity index (χ3n) is 6.60. The normalized spacial score (nSPS) is 16.0. The molecular formula is C31H46F5N3O. The molecule has 0 fully saturated rings. The quantitative estimate of drug-likeness (QED) is 0.241. The fraction of sp³-hybridized carbons (Fsp3) is 0.581. The number of nitrogens with two attached hydrogens (primary N) is 1. The molecule has 1 aromatic carbocycles. The fourth-order valence-corrected chi connectivity index (χ4v) is 4.25. The first-order valence-corrected chi connectivity index (χ1v) is 14.2. The molecule has 2 heterocycles. The third-order valence-corrected chi connectivity index (χ3v) is 6.60. The van der Waals surface area contributed by atoms with Crippen molar-refractivity contribution in [2.24, 2.45) is 11.7 Å². The van der Waals surface area contributed by atoms with E-state index in [0.29, 0.717) is 29.4 Å².